The molecule has 68 heavy (non-hydrogen) atoms. The number of nitrogens with zero attached hydrogens (tertiary/aromatic N) is 1. The van der Waals surface area contributed by atoms with Crippen LogP contribution in [0.4, 0.5) is 0 Å². The van der Waals surface area contributed by atoms with Crippen molar-refractivity contribution in [3.05, 3.63) is 23.8 Å². The van der Waals surface area contributed by atoms with Crippen LogP contribution in [0.25, 0.3) is 0 Å². The average molecular weight is 968 g/mol. The molecule has 0 bridgehead atoms. The van der Waals surface area contributed by atoms with Crippen LogP contribution in [0.5, 0.6) is 11.5 Å². The summed E-state index contributed by atoms with van der Waals surface area (Å²) in [4.78, 5) is 43.2. The van der Waals surface area contributed by atoms with Crippen LogP contribution in [0, 0.1) is 23.7 Å². The normalized spacial score (nSPS) is 40.0. The zero-order valence-electron chi connectivity index (χ0n) is 43.9. The zero-order chi connectivity index (χ0) is 51.1. The van der Waals surface area contributed by atoms with Gasteiger partial charge in [-0.3, -0.25) is 19.3 Å². The van der Waals surface area contributed by atoms with Gasteiger partial charge in [0.15, 0.2) is 30.2 Å². The molecule has 1 aromatic carbocycles. The van der Waals surface area contributed by atoms with Crippen molar-refractivity contribution < 1.29 is 76.7 Å². The number of ether oxygens (including phenoxy) is 11. The van der Waals surface area contributed by atoms with Crippen LogP contribution in [0.3, 0.4) is 0 Å². The molecule has 0 aromatic heterocycles. The van der Waals surface area contributed by atoms with Crippen molar-refractivity contribution in [2.24, 2.45) is 23.7 Å². The number of esters is 2. The van der Waals surface area contributed by atoms with Crippen molar-refractivity contribution in [1.82, 2.24) is 4.90 Å². The highest BCUT2D eigenvalue weighted by Gasteiger charge is 2.55. The van der Waals surface area contributed by atoms with Gasteiger partial charge in [-0.2, -0.15) is 0 Å². The molecule has 3 aliphatic heterocycles. The second-order valence-corrected chi connectivity index (χ2v) is 20.4. The number of carbonyl (C=O) groups excluding carboxylic acids is 3. The molecule has 4 rings (SSSR count). The lowest BCUT2D eigenvalue weighted by atomic mass is 9.74. The predicted molar refractivity (Wildman–Crippen MR) is 252 cm³/mol. The van der Waals surface area contributed by atoms with Crippen LogP contribution < -0.4 is 9.47 Å². The predicted octanol–water partition coefficient (Wildman–Crippen LogP) is 5.68. The van der Waals surface area contributed by atoms with Gasteiger partial charge in [-0.05, 0) is 99.0 Å². The fourth-order valence-electron chi connectivity index (χ4n) is 10.7. The van der Waals surface area contributed by atoms with E-state index in [1.54, 1.807) is 55.9 Å². The third-order valence-corrected chi connectivity index (χ3v) is 14.8. The summed E-state index contributed by atoms with van der Waals surface area (Å²) in [5.74, 6) is -3.69. The first-order chi connectivity index (χ1) is 31.8. The van der Waals surface area contributed by atoms with E-state index in [-0.39, 0.29) is 37.3 Å². The molecule has 1 aromatic rings. The van der Waals surface area contributed by atoms with Crippen molar-refractivity contribution in [2.75, 3.05) is 49.1 Å². The number of rotatable bonds is 16. The van der Waals surface area contributed by atoms with E-state index in [0.717, 1.165) is 18.4 Å². The molecule has 3 saturated heterocycles. The van der Waals surface area contributed by atoms with E-state index in [9.17, 15) is 24.6 Å². The topological polar surface area (TPSA) is 196 Å². The summed E-state index contributed by atoms with van der Waals surface area (Å²) in [7, 11) is 10.2. The highest BCUT2D eigenvalue weighted by atomic mass is 16.7. The van der Waals surface area contributed by atoms with E-state index in [1.165, 1.54) is 21.0 Å². The molecular weight excluding hydrogens is 883 g/mol. The highest BCUT2D eigenvalue weighted by molar-refractivity contribution is 5.83. The summed E-state index contributed by atoms with van der Waals surface area (Å²) in [6.07, 6.45) is -6.22. The summed E-state index contributed by atoms with van der Waals surface area (Å²) in [6.45, 7) is 19.2. The number of hydrogen-bond donors (Lipinski definition) is 2. The summed E-state index contributed by atoms with van der Waals surface area (Å²) in [5.41, 5.74) is -3.21. The summed E-state index contributed by atoms with van der Waals surface area (Å²) in [5, 5.41) is 23.5. The quantitative estimate of drug-likeness (QED) is 0.151. The van der Waals surface area contributed by atoms with Crippen molar-refractivity contribution in [3.8, 4) is 11.5 Å². The third-order valence-electron chi connectivity index (χ3n) is 14.8. The molecule has 3 heterocycles. The Bertz CT molecular complexity index is 1800. The van der Waals surface area contributed by atoms with Crippen LogP contribution in [0.1, 0.15) is 114 Å². The van der Waals surface area contributed by atoms with Crippen LogP contribution in [0.15, 0.2) is 18.2 Å². The second kappa shape index (κ2) is 24.4. The molecule has 0 radical (unpaired) electrons. The van der Waals surface area contributed by atoms with Gasteiger partial charge in [0.05, 0.1) is 68.4 Å². The second-order valence-electron chi connectivity index (χ2n) is 20.4. The zero-order valence-corrected chi connectivity index (χ0v) is 43.9. The van der Waals surface area contributed by atoms with Gasteiger partial charge >= 0.3 is 11.9 Å². The van der Waals surface area contributed by atoms with Crippen LogP contribution >= 0.6 is 0 Å². The smallest absolute Gasteiger partial charge is 0.311 e. The lowest BCUT2D eigenvalue weighted by molar-refractivity contribution is -0.318. The number of aryl methyl sites for hydroxylation is 1. The Balaban J connectivity index is 1.79. The van der Waals surface area contributed by atoms with E-state index in [1.807, 2.05) is 64.9 Å². The number of hydrogen-bond acceptors (Lipinski definition) is 17. The Labute approximate surface area is 405 Å². The Morgan fingerprint density at radius 2 is 1.50 bits per heavy atom. The van der Waals surface area contributed by atoms with Gasteiger partial charge in [0.2, 0.25) is 0 Å². The molecular formula is C51H85NO16. The third kappa shape index (κ3) is 13.3. The number of aliphatic hydroxyl groups is 2. The van der Waals surface area contributed by atoms with Crippen molar-refractivity contribution in [3.63, 3.8) is 0 Å². The molecule has 0 unspecified atom stereocenters. The number of benzene rings is 1. The summed E-state index contributed by atoms with van der Waals surface area (Å²) >= 11 is 0. The first-order valence-corrected chi connectivity index (χ1v) is 24.4. The number of methoxy groups -OCH3 is 4. The molecule has 0 saturated carbocycles. The van der Waals surface area contributed by atoms with Crippen molar-refractivity contribution in [1.29, 1.82) is 0 Å². The number of carbonyl (C=O) groups is 3. The number of Topliss-reactive ketones (excluding diaryl/α,β-unsaturated/α-hetero) is 1. The summed E-state index contributed by atoms with van der Waals surface area (Å²) in [6, 6.07) is 5.47. The lowest BCUT2D eigenvalue weighted by Crippen LogP contribution is -2.62. The maximum atomic E-state index is 14.6. The summed E-state index contributed by atoms with van der Waals surface area (Å²) < 4.78 is 69.3. The number of cyclic esters (lactones) is 1. The number of likely N-dealkylation sites (N-methyl/N-ethyl adjacent to an activating group) is 1. The fourth-order valence-corrected chi connectivity index (χ4v) is 10.7. The van der Waals surface area contributed by atoms with Crippen LogP contribution in [0.2, 0.25) is 0 Å². The van der Waals surface area contributed by atoms with Gasteiger partial charge in [-0.25, -0.2) is 0 Å². The first kappa shape index (κ1) is 57.6. The van der Waals surface area contributed by atoms with E-state index in [0.29, 0.717) is 24.5 Å². The molecule has 0 aliphatic carbocycles. The lowest BCUT2D eigenvalue weighted by Gasteiger charge is -2.50. The molecule has 17 heteroatoms. The van der Waals surface area contributed by atoms with Gasteiger partial charge in [0.1, 0.15) is 23.1 Å². The molecule has 3 fully saturated rings. The minimum Gasteiger partial charge on any atom is -0.493 e. The molecule has 17 nitrogen and oxygen atoms in total. The Kier molecular flexibility index (Phi) is 20.7. The fraction of sp³-hybridized carbons (Fsp3) is 0.824. The van der Waals surface area contributed by atoms with Gasteiger partial charge in [0.25, 0.3) is 0 Å². The van der Waals surface area contributed by atoms with Gasteiger partial charge in [-0.1, -0.05) is 33.8 Å². The van der Waals surface area contributed by atoms with Crippen LogP contribution in [-0.2, 0) is 63.4 Å². The SMILES string of the molecule is CC[C@H]1OC(=O)[C@H](C)[C@@H](O[C@@H]2C[C@@](C)(OC)[C@@H](OC(C)=O)[C@H](C)O2)[C@H](C)[C@@H](O[C@@H]2O[C@H](C)C[C@@H](OCCCc3ccc(OC)c(OC)c3)[C@@H]2N(C)C)[C@@](C)(OC)C[C@@H](C)C(=O)[C@H](C)[C@@H](O)[C@]1(C)O. The maximum Gasteiger partial charge on any atom is 0.311 e. The van der Waals surface area contributed by atoms with E-state index in [4.69, 9.17) is 52.1 Å². The standard InChI is InChI=1S/C51H85NO16/c1-18-39-51(11,57)44(55)30(4)42(54)28(2)26-49(9,60-16)45(31(5)43(32(6)47(56)66-39)67-40-27-50(10,61-17)46(33(7)64-40)65-34(8)53)68-48-41(52(12)13)38(24-29(3)63-48)62-23-19-20-35-21-22-36(58-14)37(25-35)59-15/h21-22,25,28-33,38-41,43-46,48,55,57H,18-20,23-24,26-27H2,1-17H3/t28-,29-,30+,31+,32-,33+,38-,39-,40-,41+,43+,44-,45-,46+,48+,49+,50-,51-/m1/s1. The molecule has 390 valence electrons. The number of ketones is 1. The van der Waals surface area contributed by atoms with Gasteiger partial charge < -0.3 is 62.3 Å². The largest absolute Gasteiger partial charge is 0.493 e. The van der Waals surface area contributed by atoms with Crippen molar-refractivity contribution >= 4 is 17.7 Å². The first-order valence-electron chi connectivity index (χ1n) is 24.4. The number of aliphatic hydroxyl groups excluding tert-OH is 1. The Morgan fingerprint density at radius 3 is 2.07 bits per heavy atom. The minimum atomic E-state index is -1.99. The minimum absolute atomic E-state index is 0.114. The Morgan fingerprint density at radius 1 is 0.868 bits per heavy atom. The molecule has 3 aliphatic rings. The Hall–Kier alpha value is -2.97. The van der Waals surface area contributed by atoms with E-state index in [2.05, 4.69) is 0 Å². The maximum absolute atomic E-state index is 14.6. The highest BCUT2D eigenvalue weighted by Crippen LogP contribution is 2.43. The van der Waals surface area contributed by atoms with Gasteiger partial charge in [0, 0.05) is 58.3 Å². The van der Waals surface area contributed by atoms with E-state index < -0.39 is 108 Å². The monoisotopic (exact) mass is 968 g/mol. The van der Waals surface area contributed by atoms with E-state index >= 15 is 0 Å². The average Bonchev–Trinajstić information content (AvgIpc) is 3.29. The molecule has 2 N–H and O–H groups in total. The van der Waals surface area contributed by atoms with Crippen molar-refractivity contribution in [2.45, 2.75) is 199 Å². The molecule has 18 atom stereocenters. The molecule has 0 spiro atoms. The van der Waals surface area contributed by atoms with Crippen LogP contribution in [-0.4, -0.2) is 166 Å². The molecule has 0 amide bonds. The van der Waals surface area contributed by atoms with Gasteiger partial charge in [-0.15, -0.1) is 0 Å².